The van der Waals surface area contributed by atoms with Crippen molar-refractivity contribution < 1.29 is 42.0 Å². The zero-order chi connectivity index (χ0) is 26.9. The minimum Gasteiger partial charge on any atom is -0.508 e. The average molecular weight is 532 g/mol. The second-order valence-corrected chi connectivity index (χ2v) is 8.98. The van der Waals surface area contributed by atoms with Gasteiger partial charge in [0.05, 0.1) is 18.8 Å². The van der Waals surface area contributed by atoms with Gasteiger partial charge < -0.3 is 29.7 Å². The maximum Gasteiger partial charge on any atom is 0.416 e. The fourth-order valence-electron chi connectivity index (χ4n) is 4.55. The molecule has 10 heteroatoms. The van der Waals surface area contributed by atoms with Gasteiger partial charge in [0, 0.05) is 29.4 Å². The fraction of sp³-hybridized carbons (Fsp3) is 0.286. The van der Waals surface area contributed by atoms with Crippen molar-refractivity contribution in [2.75, 3.05) is 31.7 Å². The second-order valence-electron chi connectivity index (χ2n) is 8.98. The van der Waals surface area contributed by atoms with Crippen molar-refractivity contribution >= 4 is 16.8 Å². The summed E-state index contributed by atoms with van der Waals surface area (Å²) in [4.78, 5) is 0. The van der Waals surface area contributed by atoms with Gasteiger partial charge in [-0.1, -0.05) is 18.2 Å². The third kappa shape index (κ3) is 5.47. The van der Waals surface area contributed by atoms with Gasteiger partial charge in [-0.3, -0.25) is 0 Å². The molecule has 0 aromatic heterocycles. The highest BCUT2D eigenvalue weighted by molar-refractivity contribution is 6.00. The number of aromatic hydroxyl groups is 1. The number of nitrogens with one attached hydrogen (secondary N) is 1. The summed E-state index contributed by atoms with van der Waals surface area (Å²) in [6.45, 7) is 1.43. The molecular formula is C28H25F4NO5. The van der Waals surface area contributed by atoms with E-state index in [1.807, 2.05) is 0 Å². The number of benzene rings is 3. The normalized spacial score (nSPS) is 17.1. The molecule has 0 saturated carbocycles. The van der Waals surface area contributed by atoms with Gasteiger partial charge in [-0.2, -0.15) is 13.2 Å². The molecule has 0 amide bonds. The number of ether oxygens (including phenoxy) is 3. The summed E-state index contributed by atoms with van der Waals surface area (Å²) in [5.41, 5.74) is 0.901. The number of hydrogen-bond acceptors (Lipinski definition) is 6. The van der Waals surface area contributed by atoms with Gasteiger partial charge in [0.2, 0.25) is 0 Å². The number of alkyl halides is 3. The first kappa shape index (κ1) is 26.0. The lowest BCUT2D eigenvalue weighted by atomic mass is 9.84. The van der Waals surface area contributed by atoms with Crippen molar-refractivity contribution in [2.45, 2.75) is 25.0 Å². The van der Waals surface area contributed by atoms with E-state index in [2.05, 4.69) is 5.32 Å². The molecule has 6 nitrogen and oxygen atoms in total. The van der Waals surface area contributed by atoms with E-state index < -0.39 is 30.0 Å². The number of halogens is 4. The van der Waals surface area contributed by atoms with Gasteiger partial charge in [0.25, 0.3) is 0 Å². The highest BCUT2D eigenvalue weighted by Crippen LogP contribution is 2.44. The number of phenolic OH excluding ortho intramolecular Hbond substituents is 1. The van der Waals surface area contributed by atoms with E-state index in [4.69, 9.17) is 14.2 Å². The van der Waals surface area contributed by atoms with E-state index in [0.717, 1.165) is 18.6 Å². The average Bonchev–Trinajstić information content (AvgIpc) is 2.91. The van der Waals surface area contributed by atoms with E-state index in [0.29, 0.717) is 53.0 Å². The van der Waals surface area contributed by atoms with Crippen molar-refractivity contribution in [1.29, 1.82) is 0 Å². The van der Waals surface area contributed by atoms with E-state index in [9.17, 15) is 23.4 Å². The molecule has 1 saturated heterocycles. The molecule has 0 aliphatic carbocycles. The first-order valence-corrected chi connectivity index (χ1v) is 12.0. The highest BCUT2D eigenvalue weighted by Gasteiger charge is 2.33. The van der Waals surface area contributed by atoms with Gasteiger partial charge >= 0.3 is 6.18 Å². The summed E-state index contributed by atoms with van der Waals surface area (Å²) in [5.74, 6) is -0.543. The number of aliphatic hydroxyl groups excluding tert-OH is 1. The lowest BCUT2D eigenvalue weighted by Crippen LogP contribution is -2.30. The largest absolute Gasteiger partial charge is 0.508 e. The standard InChI is InChI=1S/C28H25F4NO5/c29-23-12-17(28(30,31)32)4-8-20(23)22-14-33-24-13-18(34)5-9-21(24)26(22)27(35)16-2-6-19(7-3-16)38-15-25-36-10-1-11-37-25/h2-9,12-13,25,27,33-35H,1,10-11,14-15H2/t27-/m1/s1. The molecule has 38 heavy (non-hydrogen) atoms. The minimum absolute atomic E-state index is 0.0123. The number of aliphatic hydroxyl groups is 1. The van der Waals surface area contributed by atoms with E-state index >= 15 is 4.39 Å². The van der Waals surface area contributed by atoms with Gasteiger partial charge in [0.15, 0.2) is 6.29 Å². The third-order valence-corrected chi connectivity index (χ3v) is 6.45. The molecule has 3 N–H and O–H groups in total. The number of phenols is 1. The molecule has 5 rings (SSSR count). The molecule has 200 valence electrons. The van der Waals surface area contributed by atoms with Crippen LogP contribution in [0.3, 0.4) is 0 Å². The van der Waals surface area contributed by atoms with Gasteiger partial charge in [-0.25, -0.2) is 4.39 Å². The molecular weight excluding hydrogens is 506 g/mol. The molecule has 1 fully saturated rings. The zero-order valence-corrected chi connectivity index (χ0v) is 20.1. The van der Waals surface area contributed by atoms with Gasteiger partial charge in [-0.15, -0.1) is 0 Å². The van der Waals surface area contributed by atoms with Crippen LogP contribution in [0.15, 0.2) is 60.7 Å². The number of rotatable bonds is 6. The Bertz CT molecular complexity index is 1330. The monoisotopic (exact) mass is 531 g/mol. The summed E-state index contributed by atoms with van der Waals surface area (Å²) in [6, 6.07) is 13.4. The molecule has 0 radical (unpaired) electrons. The fourth-order valence-corrected chi connectivity index (χ4v) is 4.55. The van der Waals surface area contributed by atoms with E-state index in [1.165, 1.54) is 12.1 Å². The van der Waals surface area contributed by atoms with E-state index in [1.54, 1.807) is 30.3 Å². The Morgan fingerprint density at radius 1 is 0.974 bits per heavy atom. The van der Waals surface area contributed by atoms with Gasteiger partial charge in [0.1, 0.15) is 30.0 Å². The van der Waals surface area contributed by atoms with Gasteiger partial charge in [-0.05, 0) is 59.5 Å². The Kier molecular flexibility index (Phi) is 7.29. The summed E-state index contributed by atoms with van der Waals surface area (Å²) in [6.07, 6.45) is -5.57. The predicted molar refractivity (Wildman–Crippen MR) is 132 cm³/mol. The summed E-state index contributed by atoms with van der Waals surface area (Å²) in [5, 5.41) is 24.4. The summed E-state index contributed by atoms with van der Waals surface area (Å²) < 4.78 is 71.0. The maximum atomic E-state index is 15.0. The zero-order valence-electron chi connectivity index (χ0n) is 20.1. The lowest BCUT2D eigenvalue weighted by molar-refractivity contribution is -0.191. The van der Waals surface area contributed by atoms with Crippen LogP contribution < -0.4 is 10.1 Å². The molecule has 0 spiro atoms. The van der Waals surface area contributed by atoms with Crippen molar-refractivity contribution in [1.82, 2.24) is 0 Å². The first-order valence-electron chi connectivity index (χ1n) is 12.0. The van der Waals surface area contributed by atoms with Crippen LogP contribution in [0.2, 0.25) is 0 Å². The molecule has 2 aliphatic rings. The van der Waals surface area contributed by atoms with Crippen molar-refractivity contribution in [3.8, 4) is 11.5 Å². The Labute approximate surface area is 216 Å². The number of hydrogen-bond donors (Lipinski definition) is 3. The van der Waals surface area contributed by atoms with Crippen LogP contribution in [0.1, 0.15) is 34.8 Å². The molecule has 1 atom stereocenters. The van der Waals surface area contributed by atoms with Crippen LogP contribution in [0.4, 0.5) is 23.2 Å². The van der Waals surface area contributed by atoms with Crippen molar-refractivity contribution in [3.63, 3.8) is 0 Å². The van der Waals surface area contributed by atoms with Crippen LogP contribution in [-0.2, 0) is 15.7 Å². The topological polar surface area (TPSA) is 80.2 Å². The number of anilines is 1. The van der Waals surface area contributed by atoms with Crippen LogP contribution >= 0.6 is 0 Å². The van der Waals surface area contributed by atoms with Crippen LogP contribution in [0.5, 0.6) is 11.5 Å². The molecule has 3 aromatic carbocycles. The third-order valence-electron chi connectivity index (χ3n) is 6.45. The Morgan fingerprint density at radius 2 is 1.68 bits per heavy atom. The SMILES string of the molecule is Oc1ccc2c(c1)NCC(c1ccc(C(F)(F)F)cc1F)=C2[C@H](O)c1ccc(OCC2OCCCO2)cc1. The van der Waals surface area contributed by atoms with E-state index in [-0.39, 0.29) is 24.5 Å². The Hall–Kier alpha value is -3.60. The lowest BCUT2D eigenvalue weighted by Gasteiger charge is -2.29. The van der Waals surface area contributed by atoms with Crippen molar-refractivity contribution in [3.05, 3.63) is 88.7 Å². The summed E-state index contributed by atoms with van der Waals surface area (Å²) in [7, 11) is 0. The van der Waals surface area contributed by atoms with Crippen molar-refractivity contribution in [2.24, 2.45) is 0 Å². The molecule has 3 aromatic rings. The molecule has 0 bridgehead atoms. The van der Waals surface area contributed by atoms with Crippen LogP contribution in [0, 0.1) is 5.82 Å². The Morgan fingerprint density at radius 3 is 2.37 bits per heavy atom. The Balaban J connectivity index is 1.49. The highest BCUT2D eigenvalue weighted by atomic mass is 19.4. The predicted octanol–water partition coefficient (Wildman–Crippen LogP) is 5.76. The minimum atomic E-state index is -4.69. The molecule has 2 heterocycles. The summed E-state index contributed by atoms with van der Waals surface area (Å²) >= 11 is 0. The van der Waals surface area contributed by atoms with Crippen LogP contribution in [-0.4, -0.2) is 42.9 Å². The maximum absolute atomic E-state index is 15.0. The van der Waals surface area contributed by atoms with Crippen LogP contribution in [0.25, 0.3) is 11.1 Å². The number of fused-ring (bicyclic) bond motifs is 1. The molecule has 0 unspecified atom stereocenters. The quantitative estimate of drug-likeness (QED) is 0.351. The first-order chi connectivity index (χ1) is 18.2. The molecule has 2 aliphatic heterocycles. The smallest absolute Gasteiger partial charge is 0.416 e. The second kappa shape index (κ2) is 10.6.